The summed E-state index contributed by atoms with van der Waals surface area (Å²) in [6.07, 6.45) is 3.81. The minimum atomic E-state index is -3.80. The fraction of sp³-hybridized carbons (Fsp3) is 0.615. The van der Waals surface area contributed by atoms with E-state index in [0.29, 0.717) is 11.8 Å². The van der Waals surface area contributed by atoms with Gasteiger partial charge in [-0.05, 0) is 37.2 Å². The third-order valence-corrected chi connectivity index (χ3v) is 4.92. The summed E-state index contributed by atoms with van der Waals surface area (Å²) in [6.45, 7) is 4.35. The van der Waals surface area contributed by atoms with E-state index in [1.807, 2.05) is 0 Å². The number of carbonyl (C=O) groups is 1. The number of hydrogen-bond donors (Lipinski definition) is 2. The Hall–Kier alpha value is -1.34. The zero-order valence-electron chi connectivity index (χ0n) is 11.6. The lowest BCUT2D eigenvalue weighted by Gasteiger charge is -2.31. The number of aromatic amines is 1. The van der Waals surface area contributed by atoms with Crippen LogP contribution in [0.5, 0.6) is 0 Å². The molecule has 3 atom stereocenters. The molecule has 1 aliphatic rings. The number of esters is 1. The van der Waals surface area contributed by atoms with Gasteiger partial charge in [0.1, 0.15) is 16.7 Å². The molecular formula is C13H20N2O4S. The number of aromatic nitrogens is 1. The third kappa shape index (κ3) is 3.40. The number of carbonyl (C=O) groups excluding carboxylic acids is 1. The first-order valence-electron chi connectivity index (χ1n) is 6.69. The van der Waals surface area contributed by atoms with Crippen molar-refractivity contribution in [1.82, 2.24) is 4.98 Å². The molecule has 6 nitrogen and oxygen atoms in total. The Balaban J connectivity index is 2.00. The van der Waals surface area contributed by atoms with Gasteiger partial charge in [0, 0.05) is 6.20 Å². The van der Waals surface area contributed by atoms with Gasteiger partial charge in [0.05, 0.1) is 0 Å². The first-order chi connectivity index (χ1) is 9.27. The van der Waals surface area contributed by atoms with Crippen molar-refractivity contribution >= 4 is 16.0 Å². The Bertz CT molecular complexity index is 593. The molecule has 1 aromatic heterocycles. The van der Waals surface area contributed by atoms with E-state index in [-0.39, 0.29) is 16.7 Å². The zero-order valence-corrected chi connectivity index (χ0v) is 12.4. The van der Waals surface area contributed by atoms with Gasteiger partial charge >= 0.3 is 5.97 Å². The van der Waals surface area contributed by atoms with Crippen molar-refractivity contribution in [3.8, 4) is 0 Å². The predicted octanol–water partition coefficient (Wildman–Crippen LogP) is 1.64. The molecule has 2 rings (SSSR count). The number of rotatable bonds is 3. The van der Waals surface area contributed by atoms with Crippen LogP contribution in [0.15, 0.2) is 17.2 Å². The fourth-order valence-electron chi connectivity index (χ4n) is 2.48. The molecule has 3 N–H and O–H groups in total. The molecule has 1 saturated carbocycles. The van der Waals surface area contributed by atoms with E-state index in [2.05, 4.69) is 18.8 Å². The van der Waals surface area contributed by atoms with Gasteiger partial charge in [-0.15, -0.1) is 0 Å². The van der Waals surface area contributed by atoms with Crippen LogP contribution in [0.1, 0.15) is 43.6 Å². The molecule has 0 saturated heterocycles. The molecule has 3 unspecified atom stereocenters. The summed E-state index contributed by atoms with van der Waals surface area (Å²) in [6, 6.07) is 1.20. The van der Waals surface area contributed by atoms with Gasteiger partial charge in [-0.1, -0.05) is 13.8 Å². The lowest BCUT2D eigenvalue weighted by atomic mass is 9.80. The second-order valence-corrected chi connectivity index (χ2v) is 7.15. The molecular weight excluding hydrogens is 280 g/mol. The van der Waals surface area contributed by atoms with Gasteiger partial charge in [-0.3, -0.25) is 0 Å². The van der Waals surface area contributed by atoms with Crippen molar-refractivity contribution in [3.63, 3.8) is 0 Å². The van der Waals surface area contributed by atoms with Crippen molar-refractivity contribution < 1.29 is 17.9 Å². The molecule has 20 heavy (non-hydrogen) atoms. The second-order valence-electron chi connectivity index (χ2n) is 5.59. The summed E-state index contributed by atoms with van der Waals surface area (Å²) in [4.78, 5) is 14.4. The van der Waals surface area contributed by atoms with E-state index in [4.69, 9.17) is 9.88 Å². The fourth-order valence-corrected chi connectivity index (χ4v) is 2.98. The van der Waals surface area contributed by atoms with Gasteiger partial charge in [0.25, 0.3) is 0 Å². The molecule has 0 aromatic carbocycles. The Morgan fingerprint density at radius 1 is 1.35 bits per heavy atom. The van der Waals surface area contributed by atoms with E-state index < -0.39 is 16.0 Å². The highest BCUT2D eigenvalue weighted by Gasteiger charge is 2.28. The number of hydrogen-bond acceptors (Lipinski definition) is 4. The summed E-state index contributed by atoms with van der Waals surface area (Å²) < 4.78 is 27.7. The SMILES string of the molecule is CC1CCC(OC(=O)c2cc(S(N)(=O)=O)c[nH]2)CC1C. The van der Waals surface area contributed by atoms with Gasteiger partial charge in [0.2, 0.25) is 10.0 Å². The minimum Gasteiger partial charge on any atom is -0.458 e. The minimum absolute atomic E-state index is 0.102. The number of sulfonamides is 1. The van der Waals surface area contributed by atoms with Crippen molar-refractivity contribution in [2.24, 2.45) is 17.0 Å². The smallest absolute Gasteiger partial charge is 0.355 e. The average Bonchev–Trinajstić information content (AvgIpc) is 2.83. The molecule has 1 aliphatic carbocycles. The summed E-state index contributed by atoms with van der Waals surface area (Å²) >= 11 is 0. The molecule has 1 fully saturated rings. The van der Waals surface area contributed by atoms with E-state index in [1.54, 1.807) is 0 Å². The van der Waals surface area contributed by atoms with Crippen LogP contribution >= 0.6 is 0 Å². The van der Waals surface area contributed by atoms with Crippen molar-refractivity contribution in [2.75, 3.05) is 0 Å². The van der Waals surface area contributed by atoms with Crippen LogP contribution in [-0.4, -0.2) is 25.5 Å². The molecule has 1 heterocycles. The number of H-pyrrole nitrogens is 1. The van der Waals surface area contributed by atoms with Crippen LogP contribution < -0.4 is 5.14 Å². The normalized spacial score (nSPS) is 27.2. The maximum absolute atomic E-state index is 12.0. The monoisotopic (exact) mass is 300 g/mol. The lowest BCUT2D eigenvalue weighted by molar-refractivity contribution is 0.00824. The third-order valence-electron chi connectivity index (χ3n) is 4.03. The van der Waals surface area contributed by atoms with Crippen molar-refractivity contribution in [2.45, 2.75) is 44.1 Å². The summed E-state index contributed by atoms with van der Waals surface area (Å²) in [5.74, 6) is 0.626. The van der Waals surface area contributed by atoms with Gasteiger partial charge in [-0.25, -0.2) is 18.4 Å². The number of ether oxygens (including phenoxy) is 1. The predicted molar refractivity (Wildman–Crippen MR) is 73.5 cm³/mol. The zero-order chi connectivity index (χ0) is 14.9. The molecule has 112 valence electrons. The maximum Gasteiger partial charge on any atom is 0.355 e. The number of nitrogens with one attached hydrogen (secondary N) is 1. The van der Waals surface area contributed by atoms with E-state index >= 15 is 0 Å². The first-order valence-corrected chi connectivity index (χ1v) is 8.24. The molecule has 0 amide bonds. The standard InChI is InChI=1S/C13H20N2O4S/c1-8-3-4-10(5-9(8)2)19-13(16)12-6-11(7-15-12)20(14,17)18/h6-10,15H,3-5H2,1-2H3,(H2,14,17,18). The van der Waals surface area contributed by atoms with Crippen LogP contribution in [0.25, 0.3) is 0 Å². The van der Waals surface area contributed by atoms with E-state index in [1.165, 1.54) is 12.3 Å². The summed E-state index contributed by atoms with van der Waals surface area (Å²) in [5.41, 5.74) is 0.111. The Morgan fingerprint density at radius 3 is 2.60 bits per heavy atom. The highest BCUT2D eigenvalue weighted by Crippen LogP contribution is 2.31. The van der Waals surface area contributed by atoms with Crippen LogP contribution in [0.3, 0.4) is 0 Å². The average molecular weight is 300 g/mol. The highest BCUT2D eigenvalue weighted by molar-refractivity contribution is 7.89. The molecule has 0 aliphatic heterocycles. The quantitative estimate of drug-likeness (QED) is 0.828. The Kier molecular flexibility index (Phi) is 4.19. The molecule has 1 aromatic rings. The van der Waals surface area contributed by atoms with Crippen LogP contribution in [0, 0.1) is 11.8 Å². The molecule has 0 radical (unpaired) electrons. The molecule has 0 spiro atoms. The molecule has 0 bridgehead atoms. The van der Waals surface area contributed by atoms with E-state index in [9.17, 15) is 13.2 Å². The first kappa shape index (κ1) is 15.1. The van der Waals surface area contributed by atoms with Gasteiger partial charge < -0.3 is 9.72 Å². The van der Waals surface area contributed by atoms with Gasteiger partial charge in [0.15, 0.2) is 0 Å². The molecule has 7 heteroatoms. The maximum atomic E-state index is 12.0. The van der Waals surface area contributed by atoms with Crippen molar-refractivity contribution in [1.29, 1.82) is 0 Å². The largest absolute Gasteiger partial charge is 0.458 e. The van der Waals surface area contributed by atoms with Crippen LogP contribution in [0.2, 0.25) is 0 Å². The van der Waals surface area contributed by atoms with Crippen LogP contribution in [0.4, 0.5) is 0 Å². The lowest BCUT2D eigenvalue weighted by Crippen LogP contribution is -2.28. The Labute approximate surface area is 118 Å². The van der Waals surface area contributed by atoms with E-state index in [0.717, 1.165) is 19.3 Å². The summed E-state index contributed by atoms with van der Waals surface area (Å²) in [5, 5.41) is 4.99. The van der Waals surface area contributed by atoms with Crippen molar-refractivity contribution in [3.05, 3.63) is 18.0 Å². The highest BCUT2D eigenvalue weighted by atomic mass is 32.2. The topological polar surface area (TPSA) is 102 Å². The number of nitrogens with two attached hydrogens (primary N) is 1. The van der Waals surface area contributed by atoms with Gasteiger partial charge in [-0.2, -0.15) is 0 Å². The Morgan fingerprint density at radius 2 is 2.05 bits per heavy atom. The second kappa shape index (κ2) is 5.57. The van der Waals surface area contributed by atoms with Crippen LogP contribution in [-0.2, 0) is 14.8 Å². The number of primary sulfonamides is 1. The summed E-state index contributed by atoms with van der Waals surface area (Å²) in [7, 11) is -3.80.